The van der Waals surface area contributed by atoms with Gasteiger partial charge in [0.05, 0.1) is 32.5 Å². The highest BCUT2D eigenvalue weighted by molar-refractivity contribution is 8.00. The summed E-state index contributed by atoms with van der Waals surface area (Å²) in [4.78, 5) is 16.1. The maximum atomic E-state index is 13.8. The van der Waals surface area contributed by atoms with Crippen LogP contribution >= 0.6 is 27.0 Å². The maximum Gasteiger partial charge on any atom is 0.346 e. The number of carbonyl (C=O) groups excluding carboxylic acids is 1. The first-order chi connectivity index (χ1) is 24.3. The number of hydrogen-bond acceptors (Lipinski definition) is 10. The Balaban J connectivity index is 1.28. The van der Waals surface area contributed by atoms with Crippen molar-refractivity contribution in [1.29, 1.82) is 0 Å². The Kier molecular flexibility index (Phi) is 15.9. The monoisotopic (exact) mass is 776 g/mol. The Hall–Kier alpha value is -0.610. The van der Waals surface area contributed by atoms with E-state index in [1.807, 2.05) is 0 Å². The van der Waals surface area contributed by atoms with Crippen molar-refractivity contribution >= 4 is 32.9 Å². The van der Waals surface area contributed by atoms with Crippen LogP contribution < -0.4 is 5.32 Å². The van der Waals surface area contributed by atoms with Gasteiger partial charge in [-0.15, -0.1) is 0 Å². The minimum atomic E-state index is -3.80. The van der Waals surface area contributed by atoms with Crippen LogP contribution in [0.25, 0.3) is 10.4 Å². The van der Waals surface area contributed by atoms with Crippen LogP contribution in [0.15, 0.2) is 5.11 Å². The minimum Gasteiger partial charge on any atom is -0.393 e. The van der Waals surface area contributed by atoms with Gasteiger partial charge < -0.3 is 28.5 Å². The molecule has 0 saturated heterocycles. The Morgan fingerprint density at radius 3 is 2.12 bits per heavy atom. The number of aliphatic hydroxyl groups excluding tert-OH is 1. The van der Waals surface area contributed by atoms with Crippen molar-refractivity contribution in [2.75, 3.05) is 44.5 Å². The summed E-state index contributed by atoms with van der Waals surface area (Å²) in [5, 5.41) is 17.7. The molecular weight excluding hydrogens is 710 g/mol. The molecule has 0 aliphatic heterocycles. The molecule has 0 aromatic carbocycles. The van der Waals surface area contributed by atoms with Gasteiger partial charge in [0.2, 0.25) is 5.91 Å². The molecule has 51 heavy (non-hydrogen) atoms. The summed E-state index contributed by atoms with van der Waals surface area (Å²) in [7, 11) is -7.61. The zero-order chi connectivity index (χ0) is 37.5. The molecule has 4 saturated carbocycles. The zero-order valence-corrected chi connectivity index (χ0v) is 34.8. The second kappa shape index (κ2) is 18.8. The number of hydrogen-bond donors (Lipinski definition) is 2. The SMILES string of the molecule is CCOP(=O)(OCC)C(CSCCNC(=O)CC[C@@H](C)[C@H]1CC[C@H]2[C@@H]3[C@H](O)CC4C[C@H](N=[N+]=[N-])CC[C@]4(C)[C@H]3CC[C@]12C)P(=O)(OCC)OCC. The van der Waals surface area contributed by atoms with Gasteiger partial charge in [-0.3, -0.25) is 13.9 Å². The Morgan fingerprint density at radius 1 is 0.941 bits per heavy atom. The molecule has 12 nitrogen and oxygen atoms in total. The van der Waals surface area contributed by atoms with E-state index in [9.17, 15) is 19.0 Å². The van der Waals surface area contributed by atoms with E-state index in [0.717, 1.165) is 51.4 Å². The van der Waals surface area contributed by atoms with Crippen molar-refractivity contribution in [1.82, 2.24) is 5.32 Å². The van der Waals surface area contributed by atoms with E-state index in [2.05, 4.69) is 36.1 Å². The highest BCUT2D eigenvalue weighted by Gasteiger charge is 2.63. The summed E-state index contributed by atoms with van der Waals surface area (Å²) in [6, 6.07) is 0.0592. The van der Waals surface area contributed by atoms with Crippen LogP contribution in [0.5, 0.6) is 0 Å². The van der Waals surface area contributed by atoms with Crippen molar-refractivity contribution in [2.24, 2.45) is 51.5 Å². The lowest BCUT2D eigenvalue weighted by atomic mass is 9.43. The Morgan fingerprint density at radius 2 is 1.53 bits per heavy atom. The molecule has 4 rings (SSSR count). The van der Waals surface area contributed by atoms with E-state index < -0.39 is 20.6 Å². The van der Waals surface area contributed by atoms with Gasteiger partial charge in [0.15, 0.2) is 5.40 Å². The van der Waals surface area contributed by atoms with Gasteiger partial charge in [0.25, 0.3) is 0 Å². The molecule has 1 amide bonds. The lowest BCUT2D eigenvalue weighted by Gasteiger charge is -2.62. The van der Waals surface area contributed by atoms with Crippen molar-refractivity contribution in [3.63, 3.8) is 0 Å². The molecule has 1 unspecified atom stereocenters. The number of carbonyl (C=O) groups is 1. The van der Waals surface area contributed by atoms with Crippen LogP contribution in [0.4, 0.5) is 0 Å². The van der Waals surface area contributed by atoms with E-state index >= 15 is 0 Å². The van der Waals surface area contributed by atoms with Crippen molar-refractivity contribution in [3.05, 3.63) is 10.4 Å². The van der Waals surface area contributed by atoms with E-state index in [0.29, 0.717) is 54.2 Å². The number of rotatable bonds is 20. The molecule has 0 bridgehead atoms. The molecule has 10 atom stereocenters. The first-order valence-corrected chi connectivity index (χ1v) is 24.0. The van der Waals surface area contributed by atoms with Crippen molar-refractivity contribution < 1.29 is 37.1 Å². The third-order valence-corrected chi connectivity index (χ3v) is 20.8. The normalized spacial score (nSPS) is 34.3. The lowest BCUT2D eigenvalue weighted by Crippen LogP contribution is -2.58. The molecule has 0 spiro atoms. The average molecular weight is 777 g/mol. The van der Waals surface area contributed by atoms with Crippen LogP contribution in [-0.4, -0.2) is 73.0 Å². The lowest BCUT2D eigenvalue weighted by molar-refractivity contribution is -0.166. The van der Waals surface area contributed by atoms with Crippen molar-refractivity contribution in [3.8, 4) is 0 Å². The average Bonchev–Trinajstić information content (AvgIpc) is 3.43. The van der Waals surface area contributed by atoms with Crippen LogP contribution in [0.2, 0.25) is 0 Å². The third-order valence-electron chi connectivity index (χ3n) is 13.3. The Bertz CT molecular complexity index is 1260. The number of nitrogens with one attached hydrogen (secondary N) is 1. The van der Waals surface area contributed by atoms with Gasteiger partial charge in [-0.25, -0.2) is 0 Å². The van der Waals surface area contributed by atoms with Gasteiger partial charge in [0.1, 0.15) is 0 Å². The van der Waals surface area contributed by atoms with E-state index in [4.69, 9.17) is 23.6 Å². The molecule has 294 valence electrons. The number of aliphatic hydroxyl groups is 1. The number of azide groups is 1. The third kappa shape index (κ3) is 9.44. The van der Waals surface area contributed by atoms with Crippen LogP contribution in [0.1, 0.15) is 113 Å². The molecule has 4 aliphatic rings. The fourth-order valence-electron chi connectivity index (χ4n) is 10.9. The predicted molar refractivity (Wildman–Crippen MR) is 204 cm³/mol. The molecule has 2 N–H and O–H groups in total. The van der Waals surface area contributed by atoms with Crippen LogP contribution in [0.3, 0.4) is 0 Å². The highest BCUT2D eigenvalue weighted by atomic mass is 32.2. The second-order valence-corrected chi connectivity index (χ2v) is 21.8. The van der Waals surface area contributed by atoms with Gasteiger partial charge >= 0.3 is 15.2 Å². The molecule has 0 aromatic heterocycles. The summed E-state index contributed by atoms with van der Waals surface area (Å²) in [6.45, 7) is 15.1. The van der Waals surface area contributed by atoms with E-state index in [1.54, 1.807) is 27.7 Å². The summed E-state index contributed by atoms with van der Waals surface area (Å²) < 4.78 is 49.8. The summed E-state index contributed by atoms with van der Waals surface area (Å²) >= 11 is 1.42. The standard InChI is InChI=1S/C36H66N4O8P2S/c1-8-45-49(43,46-9-2)33(50(44,47-10-3)48-11-4)24-51-21-20-38-32(42)15-12-25(5)28-13-14-29-34-30(17-19-36(28,29)7)35(6)18-16-27(39-40-37)22-26(35)23-31(34)41/h25-31,33-34,41H,8-24H2,1-7H3,(H,38,42)/t25-,26?,27-,28-,29+,30+,31-,34+,35+,36-/m1/s1. The van der Waals surface area contributed by atoms with Crippen LogP contribution in [-0.2, 0) is 32.0 Å². The van der Waals surface area contributed by atoms with E-state index in [-0.39, 0.29) is 61.1 Å². The van der Waals surface area contributed by atoms with Gasteiger partial charge in [0, 0.05) is 35.4 Å². The molecule has 15 heteroatoms. The smallest absolute Gasteiger partial charge is 0.346 e. The van der Waals surface area contributed by atoms with E-state index in [1.165, 1.54) is 18.2 Å². The molecular formula is C36H66N4O8P2S. The highest BCUT2D eigenvalue weighted by Crippen LogP contribution is 2.71. The Labute approximate surface area is 311 Å². The topological polar surface area (TPSA) is 169 Å². The quantitative estimate of drug-likeness (QED) is 0.0402. The first kappa shape index (κ1) is 43.1. The van der Waals surface area contributed by atoms with Gasteiger partial charge in [-0.1, -0.05) is 25.9 Å². The number of thioether (sulfide) groups is 1. The largest absolute Gasteiger partial charge is 0.393 e. The summed E-state index contributed by atoms with van der Waals surface area (Å²) in [5.74, 6) is 3.41. The zero-order valence-electron chi connectivity index (χ0n) is 32.2. The fraction of sp³-hybridized carbons (Fsp3) is 0.972. The number of fused-ring (bicyclic) bond motifs is 5. The fourth-order valence-corrected chi connectivity index (χ4v) is 18.1. The minimum absolute atomic E-state index is 0.0176. The molecule has 0 radical (unpaired) electrons. The molecule has 4 fully saturated rings. The summed E-state index contributed by atoms with van der Waals surface area (Å²) in [5.41, 5.74) is 9.39. The number of nitrogens with zero attached hydrogens (tertiary/aromatic N) is 3. The van der Waals surface area contributed by atoms with Crippen molar-refractivity contribution in [2.45, 2.75) is 130 Å². The maximum absolute atomic E-state index is 13.8. The molecule has 0 aromatic rings. The predicted octanol–water partition coefficient (Wildman–Crippen LogP) is 9.42. The van der Waals surface area contributed by atoms with Crippen LogP contribution in [0, 0.1) is 46.3 Å². The number of amides is 1. The molecule has 0 heterocycles. The molecule has 4 aliphatic carbocycles. The van der Waals surface area contributed by atoms with Gasteiger partial charge in [-0.2, -0.15) is 11.8 Å². The first-order valence-electron chi connectivity index (χ1n) is 19.6. The van der Waals surface area contributed by atoms with Gasteiger partial charge in [-0.05, 0) is 137 Å². The summed E-state index contributed by atoms with van der Waals surface area (Å²) in [6.07, 6.45) is 9.34. The second-order valence-electron chi connectivity index (χ2n) is 15.8.